The van der Waals surface area contributed by atoms with Crippen LogP contribution in [0.3, 0.4) is 0 Å². The van der Waals surface area contributed by atoms with Crippen LogP contribution in [0.1, 0.15) is 27.2 Å². The summed E-state index contributed by atoms with van der Waals surface area (Å²) < 4.78 is 0. The maximum Gasteiger partial charge on any atom is 1.00 e. The van der Waals surface area contributed by atoms with E-state index in [0.29, 0.717) is 0 Å². The van der Waals surface area contributed by atoms with Crippen molar-refractivity contribution >= 4 is 0 Å². The van der Waals surface area contributed by atoms with E-state index in [1.807, 2.05) is 20.8 Å². The first-order valence-corrected chi connectivity index (χ1v) is 3.69. The van der Waals surface area contributed by atoms with Crippen molar-refractivity contribution in [3.05, 3.63) is 0 Å². The van der Waals surface area contributed by atoms with E-state index in [-0.39, 0.29) is 35.6 Å². The molecule has 0 spiro atoms. The Labute approximate surface area is 94.9 Å². The summed E-state index contributed by atoms with van der Waals surface area (Å²) in [7, 11) is 0. The summed E-state index contributed by atoms with van der Waals surface area (Å²) in [6.07, 6.45) is 0.968. The monoisotopic (exact) mass is 183 g/mol. The molecule has 6 heteroatoms. The molecule has 12 heavy (non-hydrogen) atoms. The molecule has 0 saturated carbocycles. The smallest absolute Gasteiger partial charge is 0.636 e. The van der Waals surface area contributed by atoms with E-state index in [1.54, 1.807) is 5.01 Å². The number of hydrogen-bond donors (Lipinski definition) is 0. The number of nitrogens with zero attached hydrogens (tertiary/aromatic N) is 3. The second-order valence-corrected chi connectivity index (χ2v) is 2.50. The zero-order valence-corrected chi connectivity index (χ0v) is 10.1. The molecule has 0 N–H and O–H groups in total. The molecule has 0 fully saturated rings. The van der Waals surface area contributed by atoms with E-state index in [0.717, 1.165) is 13.0 Å². The maximum atomic E-state index is 9.47. The molecule has 0 atom stereocenters. The Kier molecular flexibility index (Phi) is 11.3. The summed E-state index contributed by atoms with van der Waals surface area (Å²) >= 11 is 0. The molecule has 0 aromatic heterocycles. The van der Waals surface area contributed by atoms with Gasteiger partial charge in [-0.2, -0.15) is 0 Å². The van der Waals surface area contributed by atoms with Gasteiger partial charge in [0.2, 0.25) is 0 Å². The Morgan fingerprint density at radius 3 is 2.42 bits per heavy atom. The number of hydrogen-bond acceptors (Lipinski definition) is 4. The first-order valence-electron chi connectivity index (χ1n) is 3.69. The third-order valence-electron chi connectivity index (χ3n) is 1.23. The molecule has 66 valence electrons. The van der Waals surface area contributed by atoms with Gasteiger partial charge in [-0.3, -0.25) is 5.01 Å². The fourth-order valence-corrected chi connectivity index (χ4v) is 0.697. The van der Waals surface area contributed by atoms with E-state index in [4.69, 9.17) is 0 Å². The number of rotatable bonds is 5. The minimum atomic E-state index is 0. The van der Waals surface area contributed by atoms with Gasteiger partial charge in [-0.05, 0) is 25.5 Å². The molecule has 0 aliphatic rings. The van der Waals surface area contributed by atoms with Crippen LogP contribution in [-0.2, 0) is 4.99 Å². The minimum Gasteiger partial charge on any atom is -0.636 e. The average Bonchev–Trinajstić information content (AvgIpc) is 1.97. The molecule has 0 rings (SSSR count). The van der Waals surface area contributed by atoms with Crippen LogP contribution < -0.4 is 34.8 Å². The Morgan fingerprint density at radius 1 is 1.50 bits per heavy atom. The Hall–Kier alpha value is 0.160. The van der Waals surface area contributed by atoms with E-state index >= 15 is 0 Å². The summed E-state index contributed by atoms with van der Waals surface area (Å²) in [6.45, 7) is 6.76. The van der Waals surface area contributed by atoms with Crippen LogP contribution in [0.5, 0.6) is 0 Å². The normalized spacial score (nSPS) is 10.1. The van der Waals surface area contributed by atoms with Crippen LogP contribution in [0.15, 0.2) is 10.5 Å². The van der Waals surface area contributed by atoms with Crippen molar-refractivity contribution in [3.63, 3.8) is 0 Å². The first kappa shape index (κ1) is 14.7. The van der Waals surface area contributed by atoms with Gasteiger partial charge in [0, 0.05) is 17.9 Å². The molecule has 0 aromatic rings. The Morgan fingerprint density at radius 2 is 2.08 bits per heavy atom. The van der Waals surface area contributed by atoms with Gasteiger partial charge in [0.25, 0.3) is 0 Å². The predicted molar refractivity (Wildman–Crippen MR) is 38.1 cm³/mol. The van der Waals surface area contributed by atoms with Gasteiger partial charge >= 0.3 is 29.6 Å². The van der Waals surface area contributed by atoms with Crippen molar-refractivity contribution in [2.75, 3.05) is 6.54 Å². The van der Waals surface area contributed by atoms with Gasteiger partial charge < -0.3 is 10.2 Å². The van der Waals surface area contributed by atoms with Crippen molar-refractivity contribution < 1.29 is 39.8 Å². The van der Waals surface area contributed by atoms with Gasteiger partial charge in [0.05, 0.1) is 0 Å². The quantitative estimate of drug-likeness (QED) is 0.208. The van der Waals surface area contributed by atoms with Crippen molar-refractivity contribution in [3.8, 4) is 0 Å². The topological polar surface area (TPSA) is 60.2 Å². The zero-order valence-electron chi connectivity index (χ0n) is 8.15. The molecule has 0 unspecified atom stereocenters. The van der Waals surface area contributed by atoms with E-state index in [1.165, 1.54) is 0 Å². The molecule has 0 radical (unpaired) electrons. The van der Waals surface area contributed by atoms with E-state index in [9.17, 15) is 5.26 Å². The van der Waals surface area contributed by atoms with Crippen LogP contribution in [0.25, 0.3) is 0 Å². The van der Waals surface area contributed by atoms with Crippen molar-refractivity contribution in [1.29, 1.82) is 0 Å². The van der Waals surface area contributed by atoms with Crippen LogP contribution in [0.4, 0.5) is 0 Å². The first-order chi connectivity index (χ1) is 5.22. The average molecular weight is 183 g/mol. The molecule has 0 bridgehead atoms. The van der Waals surface area contributed by atoms with Crippen LogP contribution in [0.2, 0.25) is 0 Å². The summed E-state index contributed by atoms with van der Waals surface area (Å²) in [5.74, 6) is 0. The SMILES string of the molecule is CCCN(/N=N/O[O-])C(C)C.[Na+]. The second-order valence-electron chi connectivity index (χ2n) is 2.50. The third kappa shape index (κ3) is 6.84. The Bertz CT molecular complexity index is 121. The molecule has 0 aliphatic carbocycles. The standard InChI is InChI=1S/C6H15N3O2.Na/c1-4-5-9(6(2)3)7-8-11-10;/h6,10H,4-5H2,1-3H3;/q;+1/p-1/b8-7+;. The summed E-state index contributed by atoms with van der Waals surface area (Å²) in [5, 5.41) is 17.6. The Balaban J connectivity index is 0. The van der Waals surface area contributed by atoms with Crippen molar-refractivity contribution in [1.82, 2.24) is 5.01 Å². The minimum absolute atomic E-state index is 0. The molecule has 5 nitrogen and oxygen atoms in total. The summed E-state index contributed by atoms with van der Waals surface area (Å²) in [6, 6.07) is 0.244. The fraction of sp³-hybridized carbons (Fsp3) is 1.00. The third-order valence-corrected chi connectivity index (χ3v) is 1.23. The van der Waals surface area contributed by atoms with Gasteiger partial charge in [-0.15, -0.1) is 0 Å². The molecule has 0 heterocycles. The maximum absolute atomic E-state index is 9.47. The molecule has 0 amide bonds. The molecular formula is C6H14N3NaO2. The molecule has 0 saturated heterocycles. The zero-order chi connectivity index (χ0) is 8.69. The van der Waals surface area contributed by atoms with Crippen LogP contribution in [-0.4, -0.2) is 17.6 Å². The van der Waals surface area contributed by atoms with Gasteiger partial charge in [0.1, 0.15) is 0 Å². The van der Waals surface area contributed by atoms with Gasteiger partial charge in [0.15, 0.2) is 0 Å². The molecule has 0 aromatic carbocycles. The van der Waals surface area contributed by atoms with Crippen molar-refractivity contribution in [2.45, 2.75) is 33.2 Å². The van der Waals surface area contributed by atoms with Gasteiger partial charge in [-0.25, -0.2) is 0 Å². The van der Waals surface area contributed by atoms with Crippen LogP contribution in [0, 0.1) is 0 Å². The largest absolute Gasteiger partial charge is 1.00 e. The predicted octanol–water partition coefficient (Wildman–Crippen LogP) is -2.32. The summed E-state index contributed by atoms with van der Waals surface area (Å²) in [4.78, 5) is 3.24. The summed E-state index contributed by atoms with van der Waals surface area (Å²) in [5.41, 5.74) is 0. The van der Waals surface area contributed by atoms with Crippen LogP contribution >= 0.6 is 0 Å². The van der Waals surface area contributed by atoms with E-state index < -0.39 is 0 Å². The fourth-order valence-electron chi connectivity index (χ4n) is 0.697. The van der Waals surface area contributed by atoms with Gasteiger partial charge in [-0.1, -0.05) is 6.92 Å². The van der Waals surface area contributed by atoms with Crippen molar-refractivity contribution in [2.24, 2.45) is 10.5 Å². The molecule has 0 aliphatic heterocycles. The second kappa shape index (κ2) is 9.25. The van der Waals surface area contributed by atoms with E-state index in [2.05, 4.69) is 15.5 Å². The molecular weight excluding hydrogens is 169 g/mol.